The quantitative estimate of drug-likeness (QED) is 0.508. The lowest BCUT2D eigenvalue weighted by Gasteiger charge is -2.15. The van der Waals surface area contributed by atoms with Gasteiger partial charge < -0.3 is 19.4 Å². The van der Waals surface area contributed by atoms with Crippen LogP contribution in [0.3, 0.4) is 0 Å². The van der Waals surface area contributed by atoms with Gasteiger partial charge in [-0.05, 0) is 38.5 Å². The molecule has 1 N–H and O–H groups in total. The molecular weight excluding hydrogens is 409 g/mol. The summed E-state index contributed by atoms with van der Waals surface area (Å²) in [4.78, 5) is 18.8. The van der Waals surface area contributed by atoms with Crippen molar-refractivity contribution in [2.45, 2.75) is 47.1 Å². The van der Waals surface area contributed by atoms with Crippen molar-refractivity contribution in [2.75, 3.05) is 24.3 Å². The summed E-state index contributed by atoms with van der Waals surface area (Å²) in [5.41, 5.74) is 2.67. The van der Waals surface area contributed by atoms with Gasteiger partial charge in [-0.25, -0.2) is 9.18 Å². The summed E-state index contributed by atoms with van der Waals surface area (Å²) < 4.78 is 25.1. The van der Waals surface area contributed by atoms with Crippen molar-refractivity contribution in [2.24, 2.45) is 0 Å². The lowest BCUT2D eigenvalue weighted by Crippen LogP contribution is -2.19. The van der Waals surface area contributed by atoms with Crippen LogP contribution < -0.4 is 20.6 Å². The van der Waals surface area contributed by atoms with E-state index in [2.05, 4.69) is 10.3 Å². The van der Waals surface area contributed by atoms with Crippen molar-refractivity contribution in [3.05, 3.63) is 75.5 Å². The summed E-state index contributed by atoms with van der Waals surface area (Å²) in [7, 11) is 3.49. The van der Waals surface area contributed by atoms with Crippen molar-refractivity contribution in [3.63, 3.8) is 0 Å². The molecule has 3 rings (SSSR count). The first-order chi connectivity index (χ1) is 15.2. The molecule has 0 atom stereocenters. The number of hydrogen-bond donors (Lipinski definition) is 1. The Hall–Kier alpha value is -3.35. The lowest BCUT2D eigenvalue weighted by molar-refractivity contribution is 0.231. The maximum Gasteiger partial charge on any atom is 0.364 e. The van der Waals surface area contributed by atoms with Gasteiger partial charge in [-0.2, -0.15) is 4.98 Å². The molecule has 1 heterocycles. The molecule has 0 saturated heterocycles. The molecule has 0 bridgehead atoms. The molecule has 6 nitrogen and oxygen atoms in total. The van der Waals surface area contributed by atoms with Gasteiger partial charge in [0.2, 0.25) is 0 Å². The van der Waals surface area contributed by atoms with Gasteiger partial charge in [0.05, 0.1) is 11.8 Å². The molecule has 0 radical (unpaired) electrons. The number of aryl methyl sites for hydroxylation is 1. The summed E-state index contributed by atoms with van der Waals surface area (Å²) in [6.07, 6.45) is 0.278. The minimum atomic E-state index is -0.571. The summed E-state index contributed by atoms with van der Waals surface area (Å²) in [5.74, 6) is -0.361. The minimum absolute atomic E-state index is 0.144. The highest BCUT2D eigenvalue weighted by Crippen LogP contribution is 2.26. The molecule has 7 heteroatoms. The molecule has 172 valence electrons. The maximum absolute atomic E-state index is 14.4. The van der Waals surface area contributed by atoms with Crippen molar-refractivity contribution >= 4 is 17.4 Å². The summed E-state index contributed by atoms with van der Waals surface area (Å²) in [6, 6.07) is 12.7. The standard InChI is InChI=1S/C23H26FN3O3.C2H6/c1-14(2)29-20-11-10-17(13-18(20)24)25-21-19(12-16-8-6-15(3)7-9-16)26-23(27(4)5)30-22(21)28;1-2/h6-11,13-14,25H,12H2,1-5H3;1-2H3. The smallest absolute Gasteiger partial charge is 0.364 e. The van der Waals surface area contributed by atoms with Crippen LogP contribution in [0.5, 0.6) is 5.75 Å². The summed E-state index contributed by atoms with van der Waals surface area (Å²) in [5, 5.41) is 2.98. The van der Waals surface area contributed by atoms with Crippen LogP contribution in [0, 0.1) is 12.7 Å². The van der Waals surface area contributed by atoms with Crippen LogP contribution in [0.15, 0.2) is 51.7 Å². The first kappa shape index (κ1) is 24.9. The monoisotopic (exact) mass is 441 g/mol. The predicted molar refractivity (Wildman–Crippen MR) is 128 cm³/mol. The zero-order valence-corrected chi connectivity index (χ0v) is 19.8. The highest BCUT2D eigenvalue weighted by Gasteiger charge is 2.17. The van der Waals surface area contributed by atoms with E-state index >= 15 is 0 Å². The third kappa shape index (κ3) is 6.57. The lowest BCUT2D eigenvalue weighted by atomic mass is 10.1. The first-order valence-electron chi connectivity index (χ1n) is 10.7. The van der Waals surface area contributed by atoms with Crippen molar-refractivity contribution in [1.29, 1.82) is 0 Å². The fourth-order valence-corrected chi connectivity index (χ4v) is 2.86. The minimum Gasteiger partial charge on any atom is -0.488 e. The van der Waals surface area contributed by atoms with Crippen LogP contribution in [0.2, 0.25) is 0 Å². The van der Waals surface area contributed by atoms with E-state index < -0.39 is 11.4 Å². The second-order valence-electron chi connectivity index (χ2n) is 7.60. The molecule has 3 aromatic rings. The van der Waals surface area contributed by atoms with Crippen molar-refractivity contribution < 1.29 is 13.5 Å². The SMILES string of the molecule is CC.Cc1ccc(Cc2nc(N(C)C)oc(=O)c2Nc2ccc(OC(C)C)c(F)c2)cc1. The molecule has 32 heavy (non-hydrogen) atoms. The topological polar surface area (TPSA) is 67.6 Å². The van der Waals surface area contributed by atoms with Crippen molar-refractivity contribution in [3.8, 4) is 5.75 Å². The van der Waals surface area contributed by atoms with Gasteiger partial charge in [-0.15, -0.1) is 0 Å². The van der Waals surface area contributed by atoms with Gasteiger partial charge in [0, 0.05) is 32.3 Å². The van der Waals surface area contributed by atoms with E-state index in [1.165, 1.54) is 12.1 Å². The third-order valence-electron chi connectivity index (χ3n) is 4.35. The van der Waals surface area contributed by atoms with Gasteiger partial charge in [0.1, 0.15) is 5.69 Å². The van der Waals surface area contributed by atoms with Crippen molar-refractivity contribution in [1.82, 2.24) is 4.98 Å². The zero-order valence-electron chi connectivity index (χ0n) is 19.8. The number of benzene rings is 2. The number of nitrogens with zero attached hydrogens (tertiary/aromatic N) is 2. The molecule has 0 amide bonds. The van der Waals surface area contributed by atoms with E-state index in [0.29, 0.717) is 17.8 Å². The molecule has 0 aliphatic rings. The average molecular weight is 442 g/mol. The maximum atomic E-state index is 14.4. The number of rotatable bonds is 7. The molecule has 1 aromatic heterocycles. The predicted octanol–water partition coefficient (Wildman–Crippen LogP) is 5.70. The Labute approximate surface area is 189 Å². The Bertz CT molecular complexity index is 1080. The van der Waals surface area contributed by atoms with Crippen LogP contribution in [-0.2, 0) is 6.42 Å². The number of halogens is 1. The number of nitrogens with one attached hydrogen (secondary N) is 1. The number of aromatic nitrogens is 1. The molecule has 0 unspecified atom stereocenters. The Morgan fingerprint density at radius 3 is 2.34 bits per heavy atom. The van der Waals surface area contributed by atoms with E-state index in [1.807, 2.05) is 58.9 Å². The second-order valence-corrected chi connectivity index (χ2v) is 7.60. The van der Waals surface area contributed by atoms with E-state index in [9.17, 15) is 9.18 Å². The summed E-state index contributed by atoms with van der Waals surface area (Å²) >= 11 is 0. The van der Waals surface area contributed by atoms with Gasteiger partial charge >= 0.3 is 5.63 Å². The highest BCUT2D eigenvalue weighted by molar-refractivity contribution is 5.62. The van der Waals surface area contributed by atoms with E-state index in [1.54, 1.807) is 25.1 Å². The van der Waals surface area contributed by atoms with Crippen LogP contribution in [0.25, 0.3) is 0 Å². The largest absolute Gasteiger partial charge is 0.488 e. The molecule has 0 spiro atoms. The second kappa shape index (κ2) is 11.3. The fraction of sp³-hybridized carbons (Fsp3) is 0.360. The first-order valence-corrected chi connectivity index (χ1v) is 10.7. The number of anilines is 3. The van der Waals surface area contributed by atoms with Gasteiger partial charge in [-0.3, -0.25) is 0 Å². The molecule has 0 aliphatic heterocycles. The molecular formula is C25H32FN3O3. The Morgan fingerprint density at radius 2 is 1.78 bits per heavy atom. The van der Waals surface area contributed by atoms with Gasteiger partial charge in [0.15, 0.2) is 11.6 Å². The number of hydrogen-bond acceptors (Lipinski definition) is 6. The normalized spacial score (nSPS) is 10.4. The molecule has 2 aromatic carbocycles. The molecule has 0 saturated carbocycles. The Morgan fingerprint density at radius 1 is 1.12 bits per heavy atom. The van der Waals surface area contributed by atoms with Gasteiger partial charge in [0.25, 0.3) is 6.01 Å². The Balaban J connectivity index is 0.00000176. The van der Waals surface area contributed by atoms with E-state index in [-0.39, 0.29) is 23.6 Å². The Kier molecular flexibility index (Phi) is 8.81. The average Bonchev–Trinajstić information content (AvgIpc) is 2.75. The van der Waals surface area contributed by atoms with E-state index in [4.69, 9.17) is 9.15 Å². The van der Waals surface area contributed by atoms with E-state index in [0.717, 1.165) is 11.1 Å². The van der Waals surface area contributed by atoms with Crippen LogP contribution >= 0.6 is 0 Å². The molecule has 0 fully saturated rings. The zero-order chi connectivity index (χ0) is 23.8. The van der Waals surface area contributed by atoms with Crippen LogP contribution in [0.4, 0.5) is 21.8 Å². The number of ether oxygens (including phenoxy) is 1. The highest BCUT2D eigenvalue weighted by atomic mass is 19.1. The van der Waals surface area contributed by atoms with Crippen LogP contribution in [0.1, 0.15) is 44.5 Å². The summed E-state index contributed by atoms with van der Waals surface area (Å²) in [6.45, 7) is 9.66. The van der Waals surface area contributed by atoms with Crippen LogP contribution in [-0.4, -0.2) is 25.2 Å². The molecule has 0 aliphatic carbocycles. The third-order valence-corrected chi connectivity index (χ3v) is 4.35. The fourth-order valence-electron chi connectivity index (χ4n) is 2.86. The van der Waals surface area contributed by atoms with Gasteiger partial charge in [-0.1, -0.05) is 43.7 Å².